The summed E-state index contributed by atoms with van der Waals surface area (Å²) < 4.78 is 0. The molecule has 1 aromatic carbocycles. The molecule has 1 amide bonds. The Hall–Kier alpha value is -1.35. The molecule has 0 fully saturated rings. The second kappa shape index (κ2) is 6.89. The van der Waals surface area contributed by atoms with E-state index in [-0.39, 0.29) is 17.4 Å². The summed E-state index contributed by atoms with van der Waals surface area (Å²) in [6.07, 6.45) is 0.706. The molecule has 112 valence electrons. The fourth-order valence-corrected chi connectivity index (χ4v) is 2.31. The molecule has 0 aliphatic rings. The molecule has 0 aliphatic carbocycles. The first-order valence-corrected chi connectivity index (χ1v) is 7.32. The van der Waals surface area contributed by atoms with Gasteiger partial charge in [0, 0.05) is 0 Å². The third kappa shape index (κ3) is 4.97. The molecule has 0 saturated carbocycles. The molecule has 1 unspecified atom stereocenters. The van der Waals surface area contributed by atoms with Gasteiger partial charge in [-0.15, -0.1) is 0 Å². The van der Waals surface area contributed by atoms with Crippen LogP contribution in [0.25, 0.3) is 0 Å². The lowest BCUT2D eigenvalue weighted by Gasteiger charge is -2.33. The lowest BCUT2D eigenvalue weighted by Crippen LogP contribution is -2.46. The molecule has 1 aromatic rings. The number of hydrogen-bond donors (Lipinski definition) is 2. The summed E-state index contributed by atoms with van der Waals surface area (Å²) in [5.74, 6) is 0.350. The molecule has 20 heavy (non-hydrogen) atoms. The van der Waals surface area contributed by atoms with Crippen molar-refractivity contribution in [1.29, 1.82) is 0 Å². The summed E-state index contributed by atoms with van der Waals surface area (Å²) in [4.78, 5) is 12.3. The quantitative estimate of drug-likeness (QED) is 0.867. The van der Waals surface area contributed by atoms with Gasteiger partial charge in [-0.05, 0) is 23.3 Å². The van der Waals surface area contributed by atoms with Crippen molar-refractivity contribution in [3.63, 3.8) is 0 Å². The first-order valence-electron chi connectivity index (χ1n) is 7.32. The molecule has 0 saturated heterocycles. The second-order valence-corrected chi connectivity index (χ2v) is 6.95. The van der Waals surface area contributed by atoms with Crippen LogP contribution in [0.5, 0.6) is 0 Å². The van der Waals surface area contributed by atoms with Gasteiger partial charge in [-0.25, -0.2) is 0 Å². The van der Waals surface area contributed by atoms with Gasteiger partial charge in [0.15, 0.2) is 0 Å². The highest BCUT2D eigenvalue weighted by atomic mass is 16.2. The van der Waals surface area contributed by atoms with Gasteiger partial charge in [0.25, 0.3) is 0 Å². The van der Waals surface area contributed by atoms with Crippen LogP contribution in [0.1, 0.15) is 52.6 Å². The van der Waals surface area contributed by atoms with E-state index in [0.29, 0.717) is 12.3 Å². The van der Waals surface area contributed by atoms with Crippen molar-refractivity contribution in [2.24, 2.45) is 17.1 Å². The van der Waals surface area contributed by atoms with E-state index in [1.165, 1.54) is 0 Å². The molecular weight excluding hydrogens is 248 g/mol. The molecular formula is C17H28N2O. The lowest BCUT2D eigenvalue weighted by atomic mass is 9.82. The zero-order chi connectivity index (χ0) is 15.3. The maximum Gasteiger partial charge on any atom is 0.237 e. The van der Waals surface area contributed by atoms with E-state index >= 15 is 0 Å². The third-order valence-corrected chi connectivity index (χ3v) is 3.35. The molecule has 1 rings (SSSR count). The Morgan fingerprint density at radius 3 is 2.20 bits per heavy atom. The van der Waals surface area contributed by atoms with E-state index in [9.17, 15) is 4.79 Å². The highest BCUT2D eigenvalue weighted by Crippen LogP contribution is 2.32. The van der Waals surface area contributed by atoms with Crippen molar-refractivity contribution in [3.8, 4) is 0 Å². The summed E-state index contributed by atoms with van der Waals surface area (Å²) in [6.45, 7) is 10.5. The number of hydrogen-bond acceptors (Lipinski definition) is 2. The highest BCUT2D eigenvalue weighted by Gasteiger charge is 2.29. The molecule has 0 spiro atoms. The molecule has 0 aromatic heterocycles. The summed E-state index contributed by atoms with van der Waals surface area (Å²) in [7, 11) is 0. The molecule has 0 radical (unpaired) electrons. The fourth-order valence-electron chi connectivity index (χ4n) is 2.31. The molecule has 0 aliphatic heterocycles. The van der Waals surface area contributed by atoms with Crippen molar-refractivity contribution in [1.82, 2.24) is 5.32 Å². The van der Waals surface area contributed by atoms with Gasteiger partial charge in [0.2, 0.25) is 5.91 Å². The Balaban J connectivity index is 2.85. The first-order chi connectivity index (χ1) is 9.21. The van der Waals surface area contributed by atoms with E-state index in [1.54, 1.807) is 0 Å². The Bertz CT molecular complexity index is 420. The van der Waals surface area contributed by atoms with Crippen molar-refractivity contribution < 1.29 is 4.79 Å². The minimum atomic E-state index is -0.441. The summed E-state index contributed by atoms with van der Waals surface area (Å²) in [5.41, 5.74) is 7.03. The zero-order valence-corrected chi connectivity index (χ0v) is 13.3. The number of nitrogens with one attached hydrogen (secondary N) is 1. The Kier molecular flexibility index (Phi) is 5.75. The summed E-state index contributed by atoms with van der Waals surface area (Å²) >= 11 is 0. The maximum absolute atomic E-state index is 12.3. The standard InChI is InChI=1S/C17H28N2O/c1-12(2)11-14(18)16(20)19-15(17(3,4)5)13-9-7-6-8-10-13/h6-10,12,14-15H,11,18H2,1-5H3,(H,19,20)/t14-,15?/m1/s1. The van der Waals surface area contributed by atoms with Gasteiger partial charge in [-0.2, -0.15) is 0 Å². The number of amides is 1. The van der Waals surface area contributed by atoms with Crippen LogP contribution in [0.3, 0.4) is 0 Å². The minimum absolute atomic E-state index is 0.0330. The number of nitrogens with two attached hydrogens (primary N) is 1. The number of carbonyl (C=O) groups is 1. The Labute approximate surface area is 122 Å². The van der Waals surface area contributed by atoms with Crippen molar-refractivity contribution in [2.75, 3.05) is 0 Å². The normalized spacial score (nSPS) is 14.9. The number of carbonyl (C=O) groups excluding carboxylic acids is 1. The molecule has 0 bridgehead atoms. The van der Waals surface area contributed by atoms with Gasteiger partial charge in [-0.1, -0.05) is 65.0 Å². The first kappa shape index (κ1) is 16.7. The minimum Gasteiger partial charge on any atom is -0.347 e. The number of benzene rings is 1. The summed E-state index contributed by atoms with van der Waals surface area (Å²) in [6, 6.07) is 9.59. The van der Waals surface area contributed by atoms with Gasteiger partial charge < -0.3 is 11.1 Å². The maximum atomic E-state index is 12.3. The SMILES string of the molecule is CC(C)C[C@@H](N)C(=O)NC(c1ccccc1)C(C)(C)C. The van der Waals surface area contributed by atoms with Crippen LogP contribution < -0.4 is 11.1 Å². The smallest absolute Gasteiger partial charge is 0.237 e. The van der Waals surface area contributed by atoms with Gasteiger partial charge in [0.1, 0.15) is 0 Å². The van der Waals surface area contributed by atoms with Crippen LogP contribution in [0.15, 0.2) is 30.3 Å². The lowest BCUT2D eigenvalue weighted by molar-refractivity contribution is -0.124. The summed E-state index contributed by atoms with van der Waals surface area (Å²) in [5, 5.41) is 3.11. The van der Waals surface area contributed by atoms with Crippen LogP contribution in [-0.4, -0.2) is 11.9 Å². The molecule has 3 heteroatoms. The van der Waals surface area contributed by atoms with E-state index in [0.717, 1.165) is 5.56 Å². The fraction of sp³-hybridized carbons (Fsp3) is 0.588. The average molecular weight is 276 g/mol. The largest absolute Gasteiger partial charge is 0.347 e. The highest BCUT2D eigenvalue weighted by molar-refractivity contribution is 5.82. The molecule has 2 atom stereocenters. The van der Waals surface area contributed by atoms with E-state index < -0.39 is 6.04 Å². The van der Waals surface area contributed by atoms with E-state index in [2.05, 4.69) is 39.9 Å². The monoisotopic (exact) mass is 276 g/mol. The van der Waals surface area contributed by atoms with Gasteiger partial charge >= 0.3 is 0 Å². The Morgan fingerprint density at radius 1 is 1.20 bits per heavy atom. The van der Waals surface area contributed by atoms with Crippen LogP contribution in [0.2, 0.25) is 0 Å². The van der Waals surface area contributed by atoms with Crippen molar-refractivity contribution in [2.45, 2.75) is 53.1 Å². The average Bonchev–Trinajstić information content (AvgIpc) is 2.34. The van der Waals surface area contributed by atoms with E-state index in [4.69, 9.17) is 5.73 Å². The van der Waals surface area contributed by atoms with Gasteiger partial charge in [0.05, 0.1) is 12.1 Å². The van der Waals surface area contributed by atoms with Crippen LogP contribution >= 0.6 is 0 Å². The molecule has 3 N–H and O–H groups in total. The Morgan fingerprint density at radius 2 is 1.75 bits per heavy atom. The van der Waals surface area contributed by atoms with Crippen LogP contribution in [-0.2, 0) is 4.79 Å². The topological polar surface area (TPSA) is 55.1 Å². The second-order valence-electron chi connectivity index (χ2n) is 6.95. The molecule has 0 heterocycles. The van der Waals surface area contributed by atoms with Crippen LogP contribution in [0.4, 0.5) is 0 Å². The molecule has 3 nitrogen and oxygen atoms in total. The predicted octanol–water partition coefficient (Wildman–Crippen LogP) is 3.26. The van der Waals surface area contributed by atoms with E-state index in [1.807, 2.05) is 30.3 Å². The van der Waals surface area contributed by atoms with Crippen molar-refractivity contribution in [3.05, 3.63) is 35.9 Å². The third-order valence-electron chi connectivity index (χ3n) is 3.35. The number of rotatable bonds is 5. The van der Waals surface area contributed by atoms with Gasteiger partial charge in [-0.3, -0.25) is 4.79 Å². The zero-order valence-electron chi connectivity index (χ0n) is 13.3. The van der Waals surface area contributed by atoms with Crippen LogP contribution in [0, 0.1) is 11.3 Å². The predicted molar refractivity (Wildman–Crippen MR) is 84.2 cm³/mol. The van der Waals surface area contributed by atoms with Crippen molar-refractivity contribution >= 4 is 5.91 Å².